The van der Waals surface area contributed by atoms with Crippen LogP contribution in [-0.2, 0) is 11.8 Å². The molecule has 6 heteroatoms. The largest absolute Gasteiger partial charge is 0.337 e. The molecule has 0 bridgehead atoms. The number of hydrogen-bond donors (Lipinski definition) is 2. The third-order valence-corrected chi connectivity index (χ3v) is 5.42. The van der Waals surface area contributed by atoms with Crippen molar-refractivity contribution >= 4 is 11.6 Å². The number of piperazine rings is 1. The van der Waals surface area contributed by atoms with Crippen molar-refractivity contribution in [2.75, 3.05) is 31.5 Å². The van der Waals surface area contributed by atoms with E-state index in [4.69, 9.17) is 0 Å². The summed E-state index contributed by atoms with van der Waals surface area (Å²) in [6, 6.07) is 18.3. The van der Waals surface area contributed by atoms with Crippen molar-refractivity contribution in [2.45, 2.75) is 12.5 Å². The van der Waals surface area contributed by atoms with Crippen LogP contribution < -0.4 is 10.6 Å². The van der Waals surface area contributed by atoms with Crippen molar-refractivity contribution < 1.29 is 4.79 Å². The van der Waals surface area contributed by atoms with Crippen LogP contribution in [0.2, 0.25) is 0 Å². The molecule has 0 spiro atoms. The van der Waals surface area contributed by atoms with Crippen LogP contribution in [0.15, 0.2) is 67.0 Å². The lowest BCUT2D eigenvalue weighted by molar-refractivity contribution is -0.116. The average Bonchev–Trinajstić information content (AvgIpc) is 3.19. The van der Waals surface area contributed by atoms with E-state index < -0.39 is 0 Å². The molecule has 1 amide bonds. The highest BCUT2D eigenvalue weighted by Crippen LogP contribution is 2.28. The highest BCUT2D eigenvalue weighted by molar-refractivity contribution is 5.95. The van der Waals surface area contributed by atoms with Crippen LogP contribution >= 0.6 is 0 Å². The molecule has 1 atom stereocenters. The maximum Gasteiger partial charge on any atom is 0.225 e. The van der Waals surface area contributed by atoms with Gasteiger partial charge in [-0.3, -0.25) is 9.69 Å². The Bertz CT molecular complexity index is 953. The first kappa shape index (κ1) is 19.4. The van der Waals surface area contributed by atoms with Crippen LogP contribution in [0.1, 0.15) is 18.3 Å². The number of nitrogens with zero attached hydrogens (tertiary/aromatic N) is 3. The fourth-order valence-electron chi connectivity index (χ4n) is 3.89. The van der Waals surface area contributed by atoms with E-state index in [0.29, 0.717) is 13.0 Å². The lowest BCUT2D eigenvalue weighted by Crippen LogP contribution is -2.47. The van der Waals surface area contributed by atoms with Crippen molar-refractivity contribution in [1.82, 2.24) is 19.8 Å². The molecule has 150 valence electrons. The first-order chi connectivity index (χ1) is 14.2. The number of carbonyl (C=O) groups is 1. The summed E-state index contributed by atoms with van der Waals surface area (Å²) in [5.41, 5.74) is 2.99. The zero-order chi connectivity index (χ0) is 20.1. The third kappa shape index (κ3) is 4.55. The molecule has 0 aliphatic carbocycles. The Hall–Kier alpha value is -2.96. The number of imidazole rings is 1. The first-order valence-corrected chi connectivity index (χ1v) is 10.1. The Morgan fingerprint density at radius 3 is 2.76 bits per heavy atom. The lowest BCUT2D eigenvalue weighted by atomic mass is 10.0. The van der Waals surface area contributed by atoms with Crippen LogP contribution in [-0.4, -0.2) is 46.5 Å². The number of para-hydroxylation sites is 1. The second-order valence-electron chi connectivity index (χ2n) is 7.36. The minimum atomic E-state index is 0.0329. The molecule has 0 saturated carbocycles. The van der Waals surface area contributed by atoms with Gasteiger partial charge in [0.1, 0.15) is 5.82 Å². The summed E-state index contributed by atoms with van der Waals surface area (Å²) < 4.78 is 2.06. The number of amides is 1. The highest BCUT2D eigenvalue weighted by atomic mass is 16.1. The molecule has 0 radical (unpaired) electrons. The minimum absolute atomic E-state index is 0.0329. The number of nitrogens with one attached hydrogen (secondary N) is 2. The molecule has 29 heavy (non-hydrogen) atoms. The Balaban J connectivity index is 1.41. The quantitative estimate of drug-likeness (QED) is 0.680. The Labute approximate surface area is 171 Å². The molecular formula is C23H27N5O. The molecule has 1 aromatic heterocycles. The second kappa shape index (κ2) is 9.03. The molecule has 2 heterocycles. The van der Waals surface area contributed by atoms with E-state index in [1.165, 1.54) is 0 Å². The average molecular weight is 390 g/mol. The second-order valence-corrected chi connectivity index (χ2v) is 7.36. The number of anilines is 1. The van der Waals surface area contributed by atoms with Gasteiger partial charge in [0.25, 0.3) is 0 Å². The van der Waals surface area contributed by atoms with Crippen molar-refractivity contribution in [2.24, 2.45) is 7.05 Å². The van der Waals surface area contributed by atoms with Gasteiger partial charge in [-0.05, 0) is 11.6 Å². The summed E-state index contributed by atoms with van der Waals surface area (Å²) in [6.07, 6.45) is 4.24. The van der Waals surface area contributed by atoms with Crippen molar-refractivity contribution in [3.8, 4) is 11.1 Å². The molecule has 4 rings (SSSR count). The van der Waals surface area contributed by atoms with Gasteiger partial charge in [-0.1, -0.05) is 48.5 Å². The van der Waals surface area contributed by atoms with Gasteiger partial charge in [-0.15, -0.1) is 0 Å². The Morgan fingerprint density at radius 2 is 1.97 bits per heavy atom. The summed E-state index contributed by atoms with van der Waals surface area (Å²) in [5, 5.41) is 6.55. The molecular weight excluding hydrogens is 362 g/mol. The van der Waals surface area contributed by atoms with Gasteiger partial charge in [0.2, 0.25) is 5.91 Å². The fourth-order valence-corrected chi connectivity index (χ4v) is 3.89. The summed E-state index contributed by atoms with van der Waals surface area (Å²) >= 11 is 0. The van der Waals surface area contributed by atoms with Gasteiger partial charge in [-0.2, -0.15) is 0 Å². The van der Waals surface area contributed by atoms with Crippen molar-refractivity contribution in [3.63, 3.8) is 0 Å². The molecule has 3 aromatic rings. The summed E-state index contributed by atoms with van der Waals surface area (Å²) in [6.45, 7) is 3.40. The van der Waals surface area contributed by atoms with Crippen LogP contribution in [0.4, 0.5) is 5.69 Å². The predicted octanol–water partition coefficient (Wildman–Crippen LogP) is 3.06. The monoisotopic (exact) mass is 389 g/mol. The number of benzene rings is 2. The standard InChI is InChI=1S/C23H27N5O/c1-27-15-13-25-23(27)21-17-24-12-16-28(21)14-11-22(29)26-20-10-6-5-9-19(20)18-7-3-2-4-8-18/h2-10,13,15,21,24H,11-12,14,16-17H2,1H3,(H,26,29). The molecule has 2 N–H and O–H groups in total. The SMILES string of the molecule is Cn1ccnc1C1CNCCN1CCC(=O)Nc1ccccc1-c1ccccc1. The van der Waals surface area contributed by atoms with E-state index in [2.05, 4.69) is 37.2 Å². The first-order valence-electron chi connectivity index (χ1n) is 10.1. The van der Waals surface area contributed by atoms with Crippen molar-refractivity contribution in [1.29, 1.82) is 0 Å². The molecule has 6 nitrogen and oxygen atoms in total. The van der Waals surface area contributed by atoms with E-state index in [0.717, 1.165) is 42.3 Å². The van der Waals surface area contributed by atoms with Gasteiger partial charge in [0.15, 0.2) is 0 Å². The molecule has 1 saturated heterocycles. The van der Waals surface area contributed by atoms with E-state index in [1.54, 1.807) is 0 Å². The Kier molecular flexibility index (Phi) is 6.03. The van der Waals surface area contributed by atoms with E-state index >= 15 is 0 Å². The molecule has 1 aliphatic heterocycles. The third-order valence-electron chi connectivity index (χ3n) is 5.42. The van der Waals surface area contributed by atoms with Gasteiger partial charge < -0.3 is 15.2 Å². The van der Waals surface area contributed by atoms with Crippen LogP contribution in [0.5, 0.6) is 0 Å². The highest BCUT2D eigenvalue weighted by Gasteiger charge is 2.26. The number of aryl methyl sites for hydroxylation is 1. The summed E-state index contributed by atoms with van der Waals surface area (Å²) in [5.74, 6) is 1.07. The zero-order valence-electron chi connectivity index (χ0n) is 16.7. The molecule has 2 aromatic carbocycles. The van der Waals surface area contributed by atoms with Crippen molar-refractivity contribution in [3.05, 3.63) is 72.8 Å². The molecule has 1 fully saturated rings. The summed E-state index contributed by atoms with van der Waals surface area (Å²) in [4.78, 5) is 19.6. The lowest BCUT2D eigenvalue weighted by Gasteiger charge is -2.35. The van der Waals surface area contributed by atoms with Gasteiger partial charge in [-0.25, -0.2) is 4.98 Å². The van der Waals surface area contributed by atoms with Crippen LogP contribution in [0, 0.1) is 0 Å². The number of carbonyl (C=O) groups excluding carboxylic acids is 1. The smallest absolute Gasteiger partial charge is 0.225 e. The minimum Gasteiger partial charge on any atom is -0.337 e. The maximum absolute atomic E-state index is 12.7. The van der Waals surface area contributed by atoms with E-state index in [9.17, 15) is 4.79 Å². The Morgan fingerprint density at radius 1 is 1.17 bits per heavy atom. The predicted molar refractivity (Wildman–Crippen MR) is 116 cm³/mol. The normalized spacial score (nSPS) is 17.2. The van der Waals surface area contributed by atoms with Gasteiger partial charge in [0, 0.05) is 63.3 Å². The van der Waals surface area contributed by atoms with E-state index in [-0.39, 0.29) is 11.9 Å². The van der Waals surface area contributed by atoms with Gasteiger partial charge in [0.05, 0.1) is 6.04 Å². The molecule has 1 unspecified atom stereocenters. The fraction of sp³-hybridized carbons (Fsp3) is 0.304. The zero-order valence-corrected chi connectivity index (χ0v) is 16.7. The topological polar surface area (TPSA) is 62.2 Å². The molecule has 1 aliphatic rings. The number of rotatable bonds is 6. The van der Waals surface area contributed by atoms with E-state index in [1.807, 2.05) is 61.9 Å². The number of aromatic nitrogens is 2. The number of hydrogen-bond acceptors (Lipinski definition) is 4. The van der Waals surface area contributed by atoms with Crippen LogP contribution in [0.25, 0.3) is 11.1 Å². The maximum atomic E-state index is 12.7. The van der Waals surface area contributed by atoms with Gasteiger partial charge >= 0.3 is 0 Å². The summed E-state index contributed by atoms with van der Waals surface area (Å²) in [7, 11) is 2.02. The van der Waals surface area contributed by atoms with Crippen LogP contribution in [0.3, 0.4) is 0 Å².